The number of nitrogens with zero attached hydrogens (tertiary/aromatic N) is 1. The molecule has 0 aliphatic carbocycles. The Kier molecular flexibility index (Phi) is 5.46. The van der Waals surface area contributed by atoms with Gasteiger partial charge in [-0.3, -0.25) is 4.90 Å². The number of benzene rings is 1. The lowest BCUT2D eigenvalue weighted by atomic mass is 9.89. The van der Waals surface area contributed by atoms with E-state index in [2.05, 4.69) is 68.8 Å². The van der Waals surface area contributed by atoms with Gasteiger partial charge >= 0.3 is 0 Å². The van der Waals surface area contributed by atoms with Gasteiger partial charge in [0.25, 0.3) is 0 Å². The van der Waals surface area contributed by atoms with Crippen LogP contribution in [0.15, 0.2) is 27.1 Å². The molecule has 0 spiro atoms. The van der Waals surface area contributed by atoms with E-state index in [1.54, 1.807) is 0 Å². The van der Waals surface area contributed by atoms with Gasteiger partial charge in [-0.15, -0.1) is 0 Å². The minimum Gasteiger partial charge on any atom is -0.329 e. The molecule has 0 radical (unpaired) electrons. The molecule has 3 unspecified atom stereocenters. The van der Waals surface area contributed by atoms with Gasteiger partial charge in [0, 0.05) is 27.6 Å². The lowest BCUT2D eigenvalue weighted by Gasteiger charge is -2.42. The van der Waals surface area contributed by atoms with Crippen LogP contribution < -0.4 is 5.73 Å². The van der Waals surface area contributed by atoms with Crippen LogP contribution in [-0.2, 0) is 0 Å². The number of nitrogens with two attached hydrogens (primary N) is 1. The second kappa shape index (κ2) is 6.70. The van der Waals surface area contributed by atoms with Crippen LogP contribution in [0.4, 0.5) is 0 Å². The van der Waals surface area contributed by atoms with Gasteiger partial charge in [-0.1, -0.05) is 13.0 Å². The molecule has 2 N–H and O–H groups in total. The van der Waals surface area contributed by atoms with E-state index in [4.69, 9.17) is 5.73 Å². The summed E-state index contributed by atoms with van der Waals surface area (Å²) in [5.74, 6) is 0.752. The van der Waals surface area contributed by atoms with Crippen molar-refractivity contribution < 1.29 is 0 Å². The molecule has 0 bridgehead atoms. The van der Waals surface area contributed by atoms with Gasteiger partial charge < -0.3 is 5.73 Å². The van der Waals surface area contributed by atoms with Gasteiger partial charge in [0.15, 0.2) is 0 Å². The fraction of sp³-hybridized carbons (Fsp3) is 0.600. The summed E-state index contributed by atoms with van der Waals surface area (Å²) >= 11 is 7.11. The molecule has 3 atom stereocenters. The molecule has 1 aliphatic heterocycles. The lowest BCUT2D eigenvalue weighted by Crippen LogP contribution is -2.46. The van der Waals surface area contributed by atoms with Crippen molar-refractivity contribution >= 4 is 31.9 Å². The molecular formula is C15H22Br2N2. The van der Waals surface area contributed by atoms with Crippen LogP contribution in [0.3, 0.4) is 0 Å². The van der Waals surface area contributed by atoms with E-state index in [1.807, 2.05) is 0 Å². The number of hydrogen-bond acceptors (Lipinski definition) is 2. The highest BCUT2D eigenvalue weighted by Gasteiger charge is 2.30. The summed E-state index contributed by atoms with van der Waals surface area (Å²) in [7, 11) is 0. The molecule has 4 heteroatoms. The van der Waals surface area contributed by atoms with E-state index in [9.17, 15) is 0 Å². The quantitative estimate of drug-likeness (QED) is 0.833. The molecule has 106 valence electrons. The van der Waals surface area contributed by atoms with Crippen molar-refractivity contribution in [2.75, 3.05) is 13.1 Å². The lowest BCUT2D eigenvalue weighted by molar-refractivity contribution is 0.0709. The normalized spacial score (nSPS) is 26.4. The van der Waals surface area contributed by atoms with Crippen LogP contribution in [0.25, 0.3) is 0 Å². The van der Waals surface area contributed by atoms with Crippen molar-refractivity contribution in [3.05, 3.63) is 32.7 Å². The molecule has 1 heterocycles. The van der Waals surface area contributed by atoms with Crippen LogP contribution in [0.1, 0.15) is 38.3 Å². The third-order valence-electron chi connectivity index (χ3n) is 4.37. The second-order valence-electron chi connectivity index (χ2n) is 5.52. The van der Waals surface area contributed by atoms with E-state index < -0.39 is 0 Å². The molecule has 0 amide bonds. The zero-order valence-corrected chi connectivity index (χ0v) is 14.7. The predicted octanol–water partition coefficient (Wildman–Crippen LogP) is 4.33. The van der Waals surface area contributed by atoms with Crippen molar-refractivity contribution in [1.82, 2.24) is 4.90 Å². The summed E-state index contributed by atoms with van der Waals surface area (Å²) in [6.07, 6.45) is 2.61. The number of hydrogen-bond donors (Lipinski definition) is 1. The monoisotopic (exact) mass is 388 g/mol. The zero-order valence-electron chi connectivity index (χ0n) is 11.6. The molecule has 2 nitrogen and oxygen atoms in total. The first kappa shape index (κ1) is 15.5. The Morgan fingerprint density at radius 1 is 1.32 bits per heavy atom. The van der Waals surface area contributed by atoms with E-state index in [-0.39, 0.29) is 0 Å². The van der Waals surface area contributed by atoms with E-state index in [0.29, 0.717) is 18.6 Å². The molecular weight excluding hydrogens is 368 g/mol. The first-order valence-electron chi connectivity index (χ1n) is 6.95. The zero-order chi connectivity index (χ0) is 14.0. The SMILES string of the molecule is CC1CCCN(C(CN)c2ccc(Br)c(Br)c2)C1C. The smallest absolute Gasteiger partial charge is 0.0473 e. The van der Waals surface area contributed by atoms with Gasteiger partial charge in [0.2, 0.25) is 0 Å². The van der Waals surface area contributed by atoms with Gasteiger partial charge in [-0.25, -0.2) is 0 Å². The molecule has 1 saturated heterocycles. The van der Waals surface area contributed by atoms with Crippen LogP contribution in [0, 0.1) is 5.92 Å². The number of likely N-dealkylation sites (tertiary alicyclic amines) is 1. The third-order valence-corrected chi connectivity index (χ3v) is 6.25. The topological polar surface area (TPSA) is 29.3 Å². The molecule has 1 aliphatic rings. The molecule has 1 aromatic rings. The maximum atomic E-state index is 6.06. The molecule has 19 heavy (non-hydrogen) atoms. The van der Waals surface area contributed by atoms with E-state index >= 15 is 0 Å². The largest absolute Gasteiger partial charge is 0.329 e. The third kappa shape index (κ3) is 3.41. The maximum absolute atomic E-state index is 6.06. The van der Waals surface area contributed by atoms with Crippen molar-refractivity contribution in [2.45, 2.75) is 38.8 Å². The summed E-state index contributed by atoms with van der Waals surface area (Å²) in [6.45, 7) is 6.51. The fourth-order valence-electron chi connectivity index (χ4n) is 2.99. The fourth-order valence-corrected chi connectivity index (χ4v) is 3.63. The number of piperidine rings is 1. The van der Waals surface area contributed by atoms with Crippen LogP contribution in [-0.4, -0.2) is 24.0 Å². The number of halogens is 2. The Morgan fingerprint density at radius 2 is 2.05 bits per heavy atom. The summed E-state index contributed by atoms with van der Waals surface area (Å²) in [5.41, 5.74) is 7.37. The average Bonchev–Trinajstić information content (AvgIpc) is 2.39. The molecule has 1 aromatic carbocycles. The number of rotatable bonds is 3. The highest BCUT2D eigenvalue weighted by molar-refractivity contribution is 9.13. The highest BCUT2D eigenvalue weighted by Crippen LogP contribution is 2.33. The van der Waals surface area contributed by atoms with E-state index in [1.165, 1.54) is 18.4 Å². The maximum Gasteiger partial charge on any atom is 0.0473 e. The average molecular weight is 390 g/mol. The minimum atomic E-state index is 0.321. The van der Waals surface area contributed by atoms with Gasteiger partial charge in [0.05, 0.1) is 0 Å². The highest BCUT2D eigenvalue weighted by atomic mass is 79.9. The summed E-state index contributed by atoms with van der Waals surface area (Å²) in [6, 6.07) is 7.39. The van der Waals surface area contributed by atoms with Crippen molar-refractivity contribution in [3.63, 3.8) is 0 Å². The Hall–Kier alpha value is 0.1000. The summed E-state index contributed by atoms with van der Waals surface area (Å²) in [5, 5.41) is 0. The Bertz CT molecular complexity index is 436. The van der Waals surface area contributed by atoms with E-state index in [0.717, 1.165) is 21.4 Å². The molecule has 2 rings (SSSR count). The minimum absolute atomic E-state index is 0.321. The summed E-state index contributed by atoms with van der Waals surface area (Å²) < 4.78 is 2.19. The van der Waals surface area contributed by atoms with Gasteiger partial charge in [-0.2, -0.15) is 0 Å². The van der Waals surface area contributed by atoms with Crippen molar-refractivity contribution in [1.29, 1.82) is 0 Å². The first-order chi connectivity index (χ1) is 9.04. The molecule has 1 fully saturated rings. The van der Waals surface area contributed by atoms with Crippen molar-refractivity contribution in [2.24, 2.45) is 11.7 Å². The standard InChI is InChI=1S/C15H22Br2N2/c1-10-4-3-7-19(11(10)2)15(9-18)12-5-6-13(16)14(17)8-12/h5-6,8,10-11,15H,3-4,7,9,18H2,1-2H3. The Labute approximate surface area is 133 Å². The Morgan fingerprint density at radius 3 is 2.68 bits per heavy atom. The van der Waals surface area contributed by atoms with Crippen LogP contribution >= 0.6 is 31.9 Å². The summed E-state index contributed by atoms with van der Waals surface area (Å²) in [4.78, 5) is 2.57. The van der Waals surface area contributed by atoms with Gasteiger partial charge in [0.1, 0.15) is 0 Å². The Balaban J connectivity index is 2.25. The predicted molar refractivity (Wildman–Crippen MR) is 88.2 cm³/mol. The first-order valence-corrected chi connectivity index (χ1v) is 8.54. The molecule has 0 aromatic heterocycles. The van der Waals surface area contributed by atoms with Crippen LogP contribution in [0.5, 0.6) is 0 Å². The second-order valence-corrected chi connectivity index (χ2v) is 7.23. The molecule has 0 saturated carbocycles. The van der Waals surface area contributed by atoms with Crippen molar-refractivity contribution in [3.8, 4) is 0 Å². The van der Waals surface area contributed by atoms with Crippen LogP contribution in [0.2, 0.25) is 0 Å². The van der Waals surface area contributed by atoms with Gasteiger partial charge in [-0.05, 0) is 81.8 Å².